The molecule has 2 aliphatic rings. The number of benzene rings is 2. The van der Waals surface area contributed by atoms with E-state index in [-0.39, 0.29) is 0 Å². The van der Waals surface area contributed by atoms with Crippen molar-refractivity contribution in [3.05, 3.63) is 64.7 Å². The van der Waals surface area contributed by atoms with Crippen molar-refractivity contribution < 1.29 is 5.11 Å². The molecule has 4 rings (SSSR count). The van der Waals surface area contributed by atoms with E-state index in [1.54, 1.807) is 0 Å². The molecule has 2 aromatic rings. The summed E-state index contributed by atoms with van der Waals surface area (Å²) < 4.78 is 0. The lowest BCUT2D eigenvalue weighted by Crippen LogP contribution is -2.34. The van der Waals surface area contributed by atoms with Gasteiger partial charge in [0.25, 0.3) is 0 Å². The van der Waals surface area contributed by atoms with Gasteiger partial charge in [-0.25, -0.2) is 0 Å². The number of phenolic OH excluding ortho intramolecular Hbond substituents is 1. The summed E-state index contributed by atoms with van der Waals surface area (Å²) in [6, 6.07) is 15.2. The Hall–Kier alpha value is -1.80. The molecular formula is C18H19NO. The third-order valence-corrected chi connectivity index (χ3v) is 4.97. The molecule has 1 heterocycles. The molecule has 20 heavy (non-hydrogen) atoms. The minimum absolute atomic E-state index is 0.386. The van der Waals surface area contributed by atoms with Gasteiger partial charge < -0.3 is 10.0 Å². The average molecular weight is 265 g/mol. The number of hydrogen-bond donors (Lipinski definition) is 1. The van der Waals surface area contributed by atoms with Crippen molar-refractivity contribution in [2.75, 3.05) is 13.6 Å². The zero-order valence-corrected chi connectivity index (χ0v) is 11.7. The molecule has 1 N–H and O–H groups in total. The fourth-order valence-electron chi connectivity index (χ4n) is 3.92. The number of nitrogens with zero attached hydrogens (tertiary/aromatic N) is 1. The summed E-state index contributed by atoms with van der Waals surface area (Å²) >= 11 is 0. The Kier molecular flexibility index (Phi) is 2.61. The van der Waals surface area contributed by atoms with Gasteiger partial charge in [-0.2, -0.15) is 0 Å². The fourth-order valence-corrected chi connectivity index (χ4v) is 3.92. The van der Waals surface area contributed by atoms with E-state index in [0.717, 1.165) is 19.4 Å². The molecule has 2 nitrogen and oxygen atoms in total. The standard InChI is InChI=1S/C18H19NO/c1-19-9-8-12-6-7-14(20)11-16(12)18-15-5-3-2-4-13(15)10-17(18)19/h2-7,11,17-18,20H,8-10H2,1H3/t17-,18+/m1/s1. The number of likely N-dealkylation sites (N-methyl/N-ethyl adjacent to an activating group) is 1. The topological polar surface area (TPSA) is 23.5 Å². The smallest absolute Gasteiger partial charge is 0.115 e. The van der Waals surface area contributed by atoms with Gasteiger partial charge in [-0.15, -0.1) is 0 Å². The van der Waals surface area contributed by atoms with E-state index in [2.05, 4.69) is 42.3 Å². The van der Waals surface area contributed by atoms with Crippen molar-refractivity contribution in [1.29, 1.82) is 0 Å². The molecule has 2 heteroatoms. The molecule has 0 unspecified atom stereocenters. The summed E-state index contributed by atoms with van der Waals surface area (Å²) in [5.74, 6) is 0.789. The molecule has 0 saturated carbocycles. The van der Waals surface area contributed by atoms with Crippen LogP contribution in [0.1, 0.15) is 28.2 Å². The highest BCUT2D eigenvalue weighted by molar-refractivity contribution is 5.50. The maximum absolute atomic E-state index is 9.90. The highest BCUT2D eigenvalue weighted by Crippen LogP contribution is 2.44. The molecule has 0 radical (unpaired) electrons. The summed E-state index contributed by atoms with van der Waals surface area (Å²) in [5, 5.41) is 9.90. The van der Waals surface area contributed by atoms with Crippen molar-refractivity contribution in [3.8, 4) is 5.75 Å². The van der Waals surface area contributed by atoms with Crippen molar-refractivity contribution in [1.82, 2.24) is 4.90 Å². The summed E-state index contributed by atoms with van der Waals surface area (Å²) in [4.78, 5) is 2.49. The molecule has 1 aliphatic heterocycles. The number of aromatic hydroxyl groups is 1. The van der Waals surface area contributed by atoms with Crippen LogP contribution in [0, 0.1) is 0 Å². The summed E-state index contributed by atoms with van der Waals surface area (Å²) in [5.41, 5.74) is 5.62. The van der Waals surface area contributed by atoms with Crippen molar-refractivity contribution in [2.45, 2.75) is 24.8 Å². The van der Waals surface area contributed by atoms with Crippen LogP contribution in [0.2, 0.25) is 0 Å². The maximum Gasteiger partial charge on any atom is 0.115 e. The fraction of sp³-hybridized carbons (Fsp3) is 0.333. The Morgan fingerprint density at radius 2 is 1.90 bits per heavy atom. The van der Waals surface area contributed by atoms with Crippen LogP contribution in [0.3, 0.4) is 0 Å². The van der Waals surface area contributed by atoms with E-state index < -0.39 is 0 Å². The second-order valence-electron chi connectivity index (χ2n) is 6.06. The first-order chi connectivity index (χ1) is 9.74. The molecule has 102 valence electrons. The second kappa shape index (κ2) is 4.35. The van der Waals surface area contributed by atoms with Crippen LogP contribution in [0.25, 0.3) is 0 Å². The van der Waals surface area contributed by atoms with Gasteiger partial charge in [0.2, 0.25) is 0 Å². The molecule has 2 aromatic carbocycles. The Morgan fingerprint density at radius 1 is 1.05 bits per heavy atom. The number of phenols is 1. The van der Waals surface area contributed by atoms with Gasteiger partial charge in [0, 0.05) is 18.5 Å². The lowest BCUT2D eigenvalue weighted by atomic mass is 9.87. The van der Waals surface area contributed by atoms with Gasteiger partial charge in [-0.05, 0) is 54.3 Å². The first-order valence-corrected chi connectivity index (χ1v) is 7.34. The van der Waals surface area contributed by atoms with Crippen molar-refractivity contribution in [2.24, 2.45) is 0 Å². The molecule has 0 amide bonds. The Balaban J connectivity index is 1.93. The highest BCUT2D eigenvalue weighted by atomic mass is 16.3. The SMILES string of the molecule is CN1CCc2ccc(O)cc2[C@@H]2c3ccccc3C[C@H]21. The van der Waals surface area contributed by atoms with Gasteiger partial charge in [0.15, 0.2) is 0 Å². The predicted molar refractivity (Wildman–Crippen MR) is 80.2 cm³/mol. The molecule has 0 aromatic heterocycles. The zero-order valence-electron chi connectivity index (χ0n) is 11.7. The third-order valence-electron chi connectivity index (χ3n) is 4.97. The lowest BCUT2D eigenvalue weighted by molar-refractivity contribution is 0.244. The van der Waals surface area contributed by atoms with E-state index >= 15 is 0 Å². The third kappa shape index (κ3) is 1.68. The molecule has 0 fully saturated rings. The average Bonchev–Trinajstić information content (AvgIpc) is 2.79. The van der Waals surface area contributed by atoms with Gasteiger partial charge in [-0.1, -0.05) is 30.3 Å². The van der Waals surface area contributed by atoms with E-state index in [9.17, 15) is 5.11 Å². The first-order valence-electron chi connectivity index (χ1n) is 7.34. The van der Waals surface area contributed by atoms with Crippen molar-refractivity contribution >= 4 is 0 Å². The molecule has 0 bridgehead atoms. The Morgan fingerprint density at radius 3 is 2.80 bits per heavy atom. The highest BCUT2D eigenvalue weighted by Gasteiger charge is 2.38. The zero-order chi connectivity index (χ0) is 13.7. The lowest BCUT2D eigenvalue weighted by Gasteiger charge is -2.27. The van der Waals surface area contributed by atoms with E-state index in [4.69, 9.17) is 0 Å². The van der Waals surface area contributed by atoms with Crippen LogP contribution in [0.4, 0.5) is 0 Å². The molecule has 1 aliphatic carbocycles. The van der Waals surface area contributed by atoms with Crippen LogP contribution in [0.5, 0.6) is 5.75 Å². The van der Waals surface area contributed by atoms with E-state index in [0.29, 0.717) is 17.7 Å². The van der Waals surface area contributed by atoms with Crippen LogP contribution >= 0.6 is 0 Å². The molecular weight excluding hydrogens is 246 g/mol. The van der Waals surface area contributed by atoms with E-state index in [1.807, 2.05) is 12.1 Å². The molecule has 2 atom stereocenters. The van der Waals surface area contributed by atoms with Crippen LogP contribution in [-0.2, 0) is 12.8 Å². The normalized spacial score (nSPS) is 24.6. The monoisotopic (exact) mass is 265 g/mol. The number of fused-ring (bicyclic) bond motifs is 5. The van der Waals surface area contributed by atoms with Crippen LogP contribution < -0.4 is 0 Å². The molecule has 0 spiro atoms. The summed E-state index contributed by atoms with van der Waals surface area (Å²) in [7, 11) is 2.23. The summed E-state index contributed by atoms with van der Waals surface area (Å²) in [6.45, 7) is 1.09. The summed E-state index contributed by atoms with van der Waals surface area (Å²) in [6.07, 6.45) is 2.19. The second-order valence-corrected chi connectivity index (χ2v) is 6.06. The van der Waals surface area contributed by atoms with E-state index in [1.165, 1.54) is 22.3 Å². The Bertz CT molecular complexity index is 664. The van der Waals surface area contributed by atoms with Crippen molar-refractivity contribution in [3.63, 3.8) is 0 Å². The number of rotatable bonds is 0. The quantitative estimate of drug-likeness (QED) is 0.791. The van der Waals surface area contributed by atoms with Crippen LogP contribution in [-0.4, -0.2) is 29.6 Å². The largest absolute Gasteiger partial charge is 0.508 e. The van der Waals surface area contributed by atoms with Gasteiger partial charge in [0.1, 0.15) is 5.75 Å². The predicted octanol–water partition coefficient (Wildman–Crippen LogP) is 2.94. The first kappa shape index (κ1) is 12.0. The number of hydrogen-bond acceptors (Lipinski definition) is 2. The maximum atomic E-state index is 9.90. The minimum atomic E-state index is 0.386. The van der Waals surface area contributed by atoms with Gasteiger partial charge in [-0.3, -0.25) is 0 Å². The van der Waals surface area contributed by atoms with Gasteiger partial charge >= 0.3 is 0 Å². The van der Waals surface area contributed by atoms with Gasteiger partial charge in [0.05, 0.1) is 0 Å². The van der Waals surface area contributed by atoms with Crippen LogP contribution in [0.15, 0.2) is 42.5 Å². The molecule has 0 saturated heterocycles. The minimum Gasteiger partial charge on any atom is -0.508 e. The Labute approximate surface area is 119 Å².